The summed E-state index contributed by atoms with van der Waals surface area (Å²) in [5.41, 5.74) is 5.57. The number of anilines is 1. The summed E-state index contributed by atoms with van der Waals surface area (Å²) in [5.74, 6) is -0.278. The number of rotatable bonds is 4. The molecule has 0 saturated heterocycles. The van der Waals surface area contributed by atoms with Crippen LogP contribution < -0.4 is 16.4 Å². The van der Waals surface area contributed by atoms with Crippen LogP contribution in [0.5, 0.6) is 0 Å². The third-order valence-corrected chi connectivity index (χ3v) is 3.13. The number of aromatic nitrogens is 2. The molecule has 0 saturated carbocycles. The monoisotopic (exact) mass is 265 g/mol. The van der Waals surface area contributed by atoms with Gasteiger partial charge in [-0.05, 0) is 12.3 Å². The molecule has 1 aliphatic rings. The smallest absolute Gasteiger partial charge is 0.272 e. The Balaban J connectivity index is 2.11. The Bertz CT molecular complexity index is 471. The topological polar surface area (TPSA) is 102 Å². The van der Waals surface area contributed by atoms with Gasteiger partial charge in [0, 0.05) is 19.3 Å². The predicted octanol–water partition coefficient (Wildman–Crippen LogP) is -0.0616. The van der Waals surface area contributed by atoms with Crippen LogP contribution in [0.1, 0.15) is 30.8 Å². The van der Waals surface area contributed by atoms with Crippen molar-refractivity contribution >= 4 is 17.8 Å². The lowest BCUT2D eigenvalue weighted by atomic mass is 10.0. The standard InChI is InChI=1S/C12H19N5O2/c1-7(2)9(10(13)18)16-11(19)8-6-17-5-3-4-14-12(17)15-8/h6-7,9H,3-5H2,1-2H3,(H2,13,18)(H,14,15)(H,16,19). The van der Waals surface area contributed by atoms with Gasteiger partial charge in [-0.25, -0.2) is 4.98 Å². The third kappa shape index (κ3) is 2.86. The fraction of sp³-hybridized carbons (Fsp3) is 0.583. The van der Waals surface area contributed by atoms with Crippen LogP contribution in [0.3, 0.4) is 0 Å². The van der Waals surface area contributed by atoms with E-state index in [1.54, 1.807) is 6.20 Å². The zero-order valence-electron chi connectivity index (χ0n) is 11.1. The van der Waals surface area contributed by atoms with Gasteiger partial charge in [0.25, 0.3) is 5.91 Å². The molecule has 0 aliphatic carbocycles. The number of carbonyl (C=O) groups is 2. The van der Waals surface area contributed by atoms with Gasteiger partial charge >= 0.3 is 0 Å². The SMILES string of the molecule is CC(C)C(NC(=O)c1cn2c(n1)NCCC2)C(N)=O. The molecule has 1 aliphatic heterocycles. The van der Waals surface area contributed by atoms with Crippen LogP contribution in [0.4, 0.5) is 5.95 Å². The van der Waals surface area contributed by atoms with Crippen LogP contribution in [0.2, 0.25) is 0 Å². The summed E-state index contributed by atoms with van der Waals surface area (Å²) in [4.78, 5) is 27.5. The molecule has 2 rings (SSSR count). The van der Waals surface area contributed by atoms with E-state index in [2.05, 4.69) is 15.6 Å². The molecule has 0 bridgehead atoms. The molecule has 2 heterocycles. The largest absolute Gasteiger partial charge is 0.368 e. The van der Waals surface area contributed by atoms with Crippen molar-refractivity contribution in [2.75, 3.05) is 11.9 Å². The first kappa shape index (κ1) is 13.4. The summed E-state index contributed by atoms with van der Waals surface area (Å²) in [6, 6.07) is -0.681. The van der Waals surface area contributed by atoms with Crippen molar-refractivity contribution in [1.29, 1.82) is 0 Å². The lowest BCUT2D eigenvalue weighted by Crippen LogP contribution is -2.47. The highest BCUT2D eigenvalue weighted by Gasteiger charge is 2.24. The third-order valence-electron chi connectivity index (χ3n) is 3.13. The van der Waals surface area contributed by atoms with Crippen molar-refractivity contribution in [3.05, 3.63) is 11.9 Å². The summed E-state index contributed by atoms with van der Waals surface area (Å²) in [7, 11) is 0. The number of aryl methyl sites for hydroxylation is 1. The molecule has 0 spiro atoms. The molecular formula is C12H19N5O2. The van der Waals surface area contributed by atoms with Gasteiger partial charge in [-0.2, -0.15) is 0 Å². The molecule has 1 atom stereocenters. The van der Waals surface area contributed by atoms with Crippen molar-refractivity contribution in [1.82, 2.24) is 14.9 Å². The first-order valence-corrected chi connectivity index (χ1v) is 6.40. The highest BCUT2D eigenvalue weighted by molar-refractivity contribution is 5.96. The van der Waals surface area contributed by atoms with Crippen LogP contribution in [-0.4, -0.2) is 34.0 Å². The average Bonchev–Trinajstić information content (AvgIpc) is 2.78. The van der Waals surface area contributed by atoms with Gasteiger partial charge in [0.15, 0.2) is 0 Å². The molecule has 7 heteroatoms. The highest BCUT2D eigenvalue weighted by Crippen LogP contribution is 2.14. The Kier molecular flexibility index (Phi) is 3.73. The van der Waals surface area contributed by atoms with Crippen LogP contribution in [0.25, 0.3) is 0 Å². The number of nitrogens with two attached hydrogens (primary N) is 1. The highest BCUT2D eigenvalue weighted by atomic mass is 16.2. The second-order valence-electron chi connectivity index (χ2n) is 5.02. The van der Waals surface area contributed by atoms with Gasteiger partial charge in [0.2, 0.25) is 11.9 Å². The Morgan fingerprint density at radius 2 is 2.26 bits per heavy atom. The fourth-order valence-corrected chi connectivity index (χ4v) is 2.07. The number of imidazole rings is 1. The lowest BCUT2D eigenvalue weighted by molar-refractivity contribution is -0.120. The normalized spacial score (nSPS) is 15.5. The van der Waals surface area contributed by atoms with Crippen LogP contribution in [0, 0.1) is 5.92 Å². The minimum atomic E-state index is -0.681. The number of fused-ring (bicyclic) bond motifs is 1. The summed E-state index contributed by atoms with van der Waals surface area (Å²) in [6.07, 6.45) is 2.69. The van der Waals surface area contributed by atoms with Crippen molar-refractivity contribution in [3.8, 4) is 0 Å². The summed E-state index contributed by atoms with van der Waals surface area (Å²) >= 11 is 0. The van der Waals surface area contributed by atoms with Gasteiger partial charge in [-0.3, -0.25) is 9.59 Å². The first-order valence-electron chi connectivity index (χ1n) is 6.40. The number of hydrogen-bond donors (Lipinski definition) is 3. The fourth-order valence-electron chi connectivity index (χ4n) is 2.07. The maximum atomic E-state index is 12.1. The number of nitrogens with one attached hydrogen (secondary N) is 2. The van der Waals surface area contributed by atoms with Crippen LogP contribution in [-0.2, 0) is 11.3 Å². The molecule has 0 radical (unpaired) electrons. The van der Waals surface area contributed by atoms with Crippen molar-refractivity contribution in [2.45, 2.75) is 32.9 Å². The molecule has 104 valence electrons. The molecule has 0 aromatic carbocycles. The summed E-state index contributed by atoms with van der Waals surface area (Å²) < 4.78 is 1.90. The number of amides is 2. The van der Waals surface area contributed by atoms with E-state index < -0.39 is 11.9 Å². The Hall–Kier alpha value is -2.05. The van der Waals surface area contributed by atoms with Gasteiger partial charge in [-0.1, -0.05) is 13.8 Å². The maximum absolute atomic E-state index is 12.1. The number of carbonyl (C=O) groups excluding carboxylic acids is 2. The number of hydrogen-bond acceptors (Lipinski definition) is 4. The maximum Gasteiger partial charge on any atom is 0.272 e. The second kappa shape index (κ2) is 5.29. The van der Waals surface area contributed by atoms with Gasteiger partial charge in [-0.15, -0.1) is 0 Å². The molecule has 4 N–H and O–H groups in total. The zero-order valence-corrected chi connectivity index (χ0v) is 11.1. The van der Waals surface area contributed by atoms with E-state index in [1.165, 1.54) is 0 Å². The minimum Gasteiger partial charge on any atom is -0.368 e. The molecule has 1 unspecified atom stereocenters. The summed E-state index contributed by atoms with van der Waals surface area (Å²) in [6.45, 7) is 5.35. The van der Waals surface area contributed by atoms with E-state index >= 15 is 0 Å². The molecule has 0 fully saturated rings. The lowest BCUT2D eigenvalue weighted by Gasteiger charge is -2.18. The number of primary amides is 1. The first-order chi connectivity index (χ1) is 8.99. The molecule has 1 aromatic heterocycles. The van der Waals surface area contributed by atoms with Gasteiger partial charge < -0.3 is 20.9 Å². The Labute approximate surface area is 111 Å². The van der Waals surface area contributed by atoms with E-state index in [1.807, 2.05) is 18.4 Å². The molecular weight excluding hydrogens is 246 g/mol. The molecule has 7 nitrogen and oxygen atoms in total. The quantitative estimate of drug-likeness (QED) is 0.709. The predicted molar refractivity (Wildman–Crippen MR) is 70.6 cm³/mol. The second-order valence-corrected chi connectivity index (χ2v) is 5.02. The average molecular weight is 265 g/mol. The van der Waals surface area contributed by atoms with E-state index in [0.717, 1.165) is 19.5 Å². The van der Waals surface area contributed by atoms with E-state index in [-0.39, 0.29) is 11.8 Å². The molecule has 1 aromatic rings. The molecule has 19 heavy (non-hydrogen) atoms. The molecule has 2 amide bonds. The van der Waals surface area contributed by atoms with Gasteiger partial charge in [0.05, 0.1) is 0 Å². The van der Waals surface area contributed by atoms with E-state index in [0.29, 0.717) is 11.6 Å². The van der Waals surface area contributed by atoms with E-state index in [4.69, 9.17) is 5.73 Å². The van der Waals surface area contributed by atoms with Crippen LogP contribution >= 0.6 is 0 Å². The minimum absolute atomic E-state index is 0.0585. The van der Waals surface area contributed by atoms with Crippen molar-refractivity contribution < 1.29 is 9.59 Å². The van der Waals surface area contributed by atoms with Crippen molar-refractivity contribution in [3.63, 3.8) is 0 Å². The zero-order chi connectivity index (χ0) is 14.0. The Morgan fingerprint density at radius 1 is 1.53 bits per heavy atom. The van der Waals surface area contributed by atoms with Crippen molar-refractivity contribution in [2.24, 2.45) is 11.7 Å². The number of nitrogens with zero attached hydrogens (tertiary/aromatic N) is 2. The van der Waals surface area contributed by atoms with Gasteiger partial charge in [0.1, 0.15) is 11.7 Å². The summed E-state index contributed by atoms with van der Waals surface area (Å²) in [5, 5.41) is 5.74. The van der Waals surface area contributed by atoms with Crippen LogP contribution in [0.15, 0.2) is 6.20 Å². The van der Waals surface area contributed by atoms with E-state index in [9.17, 15) is 9.59 Å². The Morgan fingerprint density at radius 3 is 2.84 bits per heavy atom.